The Labute approximate surface area is 167 Å². The Morgan fingerprint density at radius 3 is 2.79 bits per heavy atom. The van der Waals surface area contributed by atoms with Crippen molar-refractivity contribution in [2.24, 2.45) is 0 Å². The maximum Gasteiger partial charge on any atom is 0.262 e. The summed E-state index contributed by atoms with van der Waals surface area (Å²) in [5.74, 6) is -0.840. The van der Waals surface area contributed by atoms with Crippen LogP contribution in [0.15, 0.2) is 11.1 Å². The van der Waals surface area contributed by atoms with Crippen LogP contribution in [-0.4, -0.2) is 38.1 Å². The van der Waals surface area contributed by atoms with Crippen LogP contribution < -0.4 is 16.2 Å². The van der Waals surface area contributed by atoms with Gasteiger partial charge >= 0.3 is 0 Å². The van der Waals surface area contributed by atoms with Gasteiger partial charge in [0.2, 0.25) is 16.9 Å². The van der Waals surface area contributed by atoms with E-state index in [-0.39, 0.29) is 18.6 Å². The number of aryl methyl sites for hydroxylation is 3. The van der Waals surface area contributed by atoms with Crippen LogP contribution in [0.1, 0.15) is 28.3 Å². The summed E-state index contributed by atoms with van der Waals surface area (Å²) in [5, 5.41) is 14.4. The molecule has 0 atom stereocenters. The first kappa shape index (κ1) is 18.7. The number of anilines is 1. The molecule has 2 amide bonds. The maximum atomic E-state index is 12.8. The van der Waals surface area contributed by atoms with Crippen LogP contribution in [0, 0.1) is 6.92 Å². The molecule has 0 aliphatic heterocycles. The molecule has 3 aromatic heterocycles. The molecule has 0 saturated carbocycles. The Kier molecular flexibility index (Phi) is 5.18. The van der Waals surface area contributed by atoms with Gasteiger partial charge in [0.15, 0.2) is 0 Å². The van der Waals surface area contributed by atoms with Crippen molar-refractivity contribution >= 4 is 49.8 Å². The van der Waals surface area contributed by atoms with Crippen molar-refractivity contribution in [1.82, 2.24) is 25.1 Å². The summed E-state index contributed by atoms with van der Waals surface area (Å²) in [6, 6.07) is 0. The number of nitrogens with zero attached hydrogens (tertiary/aromatic N) is 4. The first-order valence-corrected chi connectivity index (χ1v) is 10.5. The van der Waals surface area contributed by atoms with Gasteiger partial charge in [-0.1, -0.05) is 11.3 Å². The minimum absolute atomic E-state index is 0.183. The second kappa shape index (κ2) is 7.76. The largest absolute Gasteiger partial charge is 0.345 e. The van der Waals surface area contributed by atoms with Gasteiger partial charge in [0, 0.05) is 4.88 Å². The second-order valence-corrected chi connectivity index (χ2v) is 8.79. The van der Waals surface area contributed by atoms with Crippen LogP contribution >= 0.6 is 22.7 Å². The molecule has 9 nitrogen and oxygen atoms in total. The minimum Gasteiger partial charge on any atom is -0.345 e. The van der Waals surface area contributed by atoms with Crippen LogP contribution in [-0.2, 0) is 29.0 Å². The van der Waals surface area contributed by atoms with Crippen molar-refractivity contribution in [3.05, 3.63) is 32.1 Å². The Bertz CT molecular complexity index is 1120. The van der Waals surface area contributed by atoms with E-state index in [4.69, 9.17) is 0 Å². The third kappa shape index (κ3) is 3.80. The van der Waals surface area contributed by atoms with E-state index in [1.807, 2.05) is 0 Å². The molecule has 3 aromatic rings. The van der Waals surface area contributed by atoms with Gasteiger partial charge in [-0.25, -0.2) is 4.98 Å². The summed E-state index contributed by atoms with van der Waals surface area (Å²) in [6.45, 7) is 1.38. The first-order chi connectivity index (χ1) is 13.5. The molecule has 2 N–H and O–H groups in total. The smallest absolute Gasteiger partial charge is 0.262 e. The van der Waals surface area contributed by atoms with Gasteiger partial charge in [0.05, 0.1) is 18.3 Å². The standard InChI is InChI=1S/C17H18N6O3S2/c1-9-21-22-17(27-9)20-12(24)6-18-13(25)7-23-8-19-15-14(16(23)26)10-4-2-3-5-11(10)28-15/h8H,2-7H2,1H3,(H,18,25)(H,20,22,24). The Balaban J connectivity index is 1.41. The van der Waals surface area contributed by atoms with Crippen LogP contribution in [0.3, 0.4) is 0 Å². The lowest BCUT2D eigenvalue weighted by Gasteiger charge is -2.10. The summed E-state index contributed by atoms with van der Waals surface area (Å²) >= 11 is 2.82. The number of carbonyl (C=O) groups excluding carboxylic acids is 2. The summed E-state index contributed by atoms with van der Waals surface area (Å²) in [7, 11) is 0. The number of hydrogen-bond acceptors (Lipinski definition) is 8. The van der Waals surface area contributed by atoms with Gasteiger partial charge in [0.1, 0.15) is 16.4 Å². The molecule has 0 fully saturated rings. The number of aromatic nitrogens is 4. The van der Waals surface area contributed by atoms with Crippen molar-refractivity contribution in [1.29, 1.82) is 0 Å². The van der Waals surface area contributed by atoms with Crippen LogP contribution in [0.25, 0.3) is 10.2 Å². The Morgan fingerprint density at radius 2 is 2.00 bits per heavy atom. The molecule has 0 bridgehead atoms. The number of thiophene rings is 1. The summed E-state index contributed by atoms with van der Waals surface area (Å²) in [6.07, 6.45) is 5.47. The molecule has 11 heteroatoms. The summed E-state index contributed by atoms with van der Waals surface area (Å²) in [4.78, 5) is 43.2. The third-order valence-corrected chi connectivity index (χ3v) is 6.43. The molecule has 4 rings (SSSR count). The fraction of sp³-hybridized carbons (Fsp3) is 0.412. The van der Waals surface area contributed by atoms with Gasteiger partial charge in [-0.2, -0.15) is 0 Å². The lowest BCUT2D eigenvalue weighted by Crippen LogP contribution is -2.37. The lowest BCUT2D eigenvalue weighted by atomic mass is 9.97. The molecule has 1 aliphatic carbocycles. The number of rotatable bonds is 5. The molecular formula is C17H18N6O3S2. The number of carbonyl (C=O) groups is 2. The van der Waals surface area contributed by atoms with Gasteiger partial charge in [0.25, 0.3) is 5.56 Å². The predicted molar refractivity (Wildman–Crippen MR) is 107 cm³/mol. The van der Waals surface area contributed by atoms with Crippen LogP contribution in [0.5, 0.6) is 0 Å². The average Bonchev–Trinajstić information content (AvgIpc) is 3.25. The van der Waals surface area contributed by atoms with Crippen molar-refractivity contribution in [2.75, 3.05) is 11.9 Å². The lowest BCUT2D eigenvalue weighted by molar-refractivity contribution is -0.124. The number of nitrogens with one attached hydrogen (secondary N) is 2. The first-order valence-electron chi connectivity index (χ1n) is 8.87. The molecule has 0 spiro atoms. The SMILES string of the molecule is Cc1nnc(NC(=O)CNC(=O)Cn2cnc3sc4c(c3c2=O)CCCC4)s1. The Hall–Kier alpha value is -2.66. The fourth-order valence-electron chi connectivity index (χ4n) is 3.19. The number of fused-ring (bicyclic) bond motifs is 3. The average molecular weight is 419 g/mol. The van der Waals surface area contributed by atoms with Gasteiger partial charge in [-0.3, -0.25) is 24.3 Å². The van der Waals surface area contributed by atoms with Gasteiger partial charge in [-0.15, -0.1) is 21.5 Å². The molecule has 1 aliphatic rings. The van der Waals surface area contributed by atoms with Crippen LogP contribution in [0.2, 0.25) is 0 Å². The van der Waals surface area contributed by atoms with Crippen molar-refractivity contribution in [3.8, 4) is 0 Å². The van der Waals surface area contributed by atoms with Crippen molar-refractivity contribution in [3.63, 3.8) is 0 Å². The summed E-state index contributed by atoms with van der Waals surface area (Å²) in [5.41, 5.74) is 0.888. The van der Waals surface area contributed by atoms with E-state index in [9.17, 15) is 14.4 Å². The van der Waals surface area contributed by atoms with Crippen molar-refractivity contribution < 1.29 is 9.59 Å². The number of hydrogen-bond donors (Lipinski definition) is 2. The monoisotopic (exact) mass is 418 g/mol. The second-order valence-electron chi connectivity index (χ2n) is 6.52. The van der Waals surface area contributed by atoms with E-state index in [2.05, 4.69) is 25.8 Å². The molecule has 3 heterocycles. The Morgan fingerprint density at radius 1 is 1.18 bits per heavy atom. The zero-order valence-corrected chi connectivity index (χ0v) is 16.8. The summed E-state index contributed by atoms with van der Waals surface area (Å²) < 4.78 is 1.30. The van der Waals surface area contributed by atoms with E-state index in [1.54, 1.807) is 18.3 Å². The molecule has 0 unspecified atom stereocenters. The molecule has 0 radical (unpaired) electrons. The zero-order valence-electron chi connectivity index (χ0n) is 15.2. The van der Waals surface area contributed by atoms with Crippen LogP contribution in [0.4, 0.5) is 5.13 Å². The predicted octanol–water partition coefficient (Wildman–Crippen LogP) is 1.25. The normalized spacial score (nSPS) is 13.3. The quantitative estimate of drug-likeness (QED) is 0.644. The highest BCUT2D eigenvalue weighted by molar-refractivity contribution is 7.18. The minimum atomic E-state index is -0.434. The molecular weight excluding hydrogens is 400 g/mol. The molecule has 0 aromatic carbocycles. The van der Waals surface area contributed by atoms with Crippen molar-refractivity contribution in [2.45, 2.75) is 39.2 Å². The highest BCUT2D eigenvalue weighted by atomic mass is 32.1. The van der Waals surface area contributed by atoms with E-state index < -0.39 is 11.8 Å². The van der Waals surface area contributed by atoms with E-state index >= 15 is 0 Å². The fourth-order valence-corrected chi connectivity index (χ4v) is 5.02. The molecule has 146 valence electrons. The highest BCUT2D eigenvalue weighted by Crippen LogP contribution is 2.33. The van der Waals surface area contributed by atoms with Gasteiger partial charge in [-0.05, 0) is 38.2 Å². The van der Waals surface area contributed by atoms with Gasteiger partial charge < -0.3 is 5.32 Å². The maximum absolute atomic E-state index is 12.8. The topological polar surface area (TPSA) is 119 Å². The third-order valence-electron chi connectivity index (χ3n) is 4.47. The molecule has 28 heavy (non-hydrogen) atoms. The van der Waals surface area contributed by atoms with E-state index in [1.165, 1.54) is 27.1 Å². The zero-order chi connectivity index (χ0) is 19.7. The van der Waals surface area contributed by atoms with E-state index in [0.29, 0.717) is 10.5 Å². The number of amides is 2. The molecule has 0 saturated heterocycles. The van der Waals surface area contributed by atoms with E-state index in [0.717, 1.165) is 41.1 Å². The highest BCUT2D eigenvalue weighted by Gasteiger charge is 2.20.